The quantitative estimate of drug-likeness (QED) is 0.730. The van der Waals surface area contributed by atoms with Gasteiger partial charge in [-0.05, 0) is 28.7 Å². The highest BCUT2D eigenvalue weighted by Crippen LogP contribution is 2.40. The third kappa shape index (κ3) is 3.11. The van der Waals surface area contributed by atoms with Gasteiger partial charge in [0.2, 0.25) is 0 Å². The topological polar surface area (TPSA) is 23.8 Å². The molecule has 1 aliphatic rings. The fourth-order valence-corrected chi connectivity index (χ4v) is 3.83. The molecule has 2 aromatic rings. The first-order valence-corrected chi connectivity index (χ1v) is 8.35. The Labute approximate surface area is 139 Å². The largest absolute Gasteiger partial charge is 0.192 e. The minimum atomic E-state index is 0.268. The predicted molar refractivity (Wildman–Crippen MR) is 94.9 cm³/mol. The van der Waals surface area contributed by atoms with Gasteiger partial charge >= 0.3 is 0 Å². The molecule has 3 heteroatoms. The van der Waals surface area contributed by atoms with Crippen LogP contribution in [0.1, 0.15) is 22.6 Å². The molecule has 0 spiro atoms. The third-order valence-electron chi connectivity index (χ3n) is 3.69. The first-order chi connectivity index (χ1) is 10.8. The molecule has 0 aromatic heterocycles. The Balaban J connectivity index is 1.85. The predicted octanol–water partition coefficient (Wildman–Crippen LogP) is 5.64. The molecule has 108 valence electrons. The van der Waals surface area contributed by atoms with Gasteiger partial charge in [0.25, 0.3) is 0 Å². The molecule has 0 fully saturated rings. The van der Waals surface area contributed by atoms with Crippen LogP contribution in [0.5, 0.6) is 0 Å². The van der Waals surface area contributed by atoms with Crippen LogP contribution in [0.15, 0.2) is 66.1 Å². The van der Waals surface area contributed by atoms with Gasteiger partial charge in [-0.15, -0.1) is 11.8 Å². The van der Waals surface area contributed by atoms with Crippen molar-refractivity contribution in [1.29, 1.82) is 5.26 Å². The zero-order valence-electron chi connectivity index (χ0n) is 11.8. The van der Waals surface area contributed by atoms with E-state index < -0.39 is 0 Å². The summed E-state index contributed by atoms with van der Waals surface area (Å²) in [6.45, 7) is 0. The zero-order valence-corrected chi connectivity index (χ0v) is 13.4. The highest BCUT2D eigenvalue weighted by Gasteiger charge is 2.24. The molecule has 1 nitrogen and oxygen atoms in total. The van der Waals surface area contributed by atoms with Crippen molar-refractivity contribution in [2.75, 3.05) is 0 Å². The number of nitriles is 1. The third-order valence-corrected chi connectivity index (χ3v) is 5.11. The summed E-state index contributed by atoms with van der Waals surface area (Å²) in [4.78, 5) is 0. The number of nitrogens with zero attached hydrogens (tertiary/aromatic N) is 1. The molecule has 1 aliphatic heterocycles. The summed E-state index contributed by atoms with van der Waals surface area (Å²) in [5.41, 5.74) is 2.80. The average molecular weight is 324 g/mol. The SMILES string of the molecule is N#Cc1ccccc1C=CC1SC=CC1c1ccccc1Cl. The van der Waals surface area contributed by atoms with E-state index in [-0.39, 0.29) is 5.92 Å². The molecule has 2 aromatic carbocycles. The molecule has 0 radical (unpaired) electrons. The van der Waals surface area contributed by atoms with E-state index in [1.165, 1.54) is 0 Å². The van der Waals surface area contributed by atoms with Crippen LogP contribution in [0.25, 0.3) is 6.08 Å². The van der Waals surface area contributed by atoms with E-state index >= 15 is 0 Å². The molecule has 0 saturated heterocycles. The monoisotopic (exact) mass is 323 g/mol. The van der Waals surface area contributed by atoms with Crippen LogP contribution in [0.2, 0.25) is 5.02 Å². The molecule has 3 rings (SSSR count). The van der Waals surface area contributed by atoms with E-state index in [1.807, 2.05) is 48.5 Å². The first-order valence-electron chi connectivity index (χ1n) is 7.03. The number of hydrogen-bond acceptors (Lipinski definition) is 2. The smallest absolute Gasteiger partial charge is 0.0997 e. The number of hydrogen-bond donors (Lipinski definition) is 0. The van der Waals surface area contributed by atoms with Gasteiger partial charge in [-0.3, -0.25) is 0 Å². The minimum Gasteiger partial charge on any atom is -0.192 e. The van der Waals surface area contributed by atoms with Gasteiger partial charge in [0, 0.05) is 16.2 Å². The van der Waals surface area contributed by atoms with Crippen molar-refractivity contribution in [1.82, 2.24) is 0 Å². The van der Waals surface area contributed by atoms with E-state index in [9.17, 15) is 0 Å². The van der Waals surface area contributed by atoms with Gasteiger partial charge < -0.3 is 0 Å². The van der Waals surface area contributed by atoms with E-state index in [2.05, 4.69) is 29.7 Å². The number of benzene rings is 2. The second-order valence-corrected chi connectivity index (χ2v) is 6.53. The molecule has 0 amide bonds. The van der Waals surface area contributed by atoms with E-state index in [0.717, 1.165) is 16.1 Å². The van der Waals surface area contributed by atoms with Crippen molar-refractivity contribution in [3.05, 3.63) is 87.8 Å². The van der Waals surface area contributed by atoms with Crippen LogP contribution in [-0.4, -0.2) is 5.25 Å². The lowest BCUT2D eigenvalue weighted by Crippen LogP contribution is -2.07. The van der Waals surface area contributed by atoms with E-state index in [0.29, 0.717) is 10.8 Å². The van der Waals surface area contributed by atoms with Crippen molar-refractivity contribution in [2.45, 2.75) is 11.2 Å². The van der Waals surface area contributed by atoms with Crippen LogP contribution in [0, 0.1) is 11.3 Å². The average Bonchev–Trinajstić information content (AvgIpc) is 3.02. The summed E-state index contributed by atoms with van der Waals surface area (Å²) in [6, 6.07) is 17.8. The van der Waals surface area contributed by atoms with Gasteiger partial charge in [-0.1, -0.05) is 66.2 Å². The van der Waals surface area contributed by atoms with Crippen molar-refractivity contribution >= 4 is 29.4 Å². The molecule has 22 heavy (non-hydrogen) atoms. The summed E-state index contributed by atoms with van der Waals surface area (Å²) in [5.74, 6) is 0.268. The number of thioether (sulfide) groups is 1. The minimum absolute atomic E-state index is 0.268. The summed E-state index contributed by atoms with van der Waals surface area (Å²) in [7, 11) is 0. The van der Waals surface area contributed by atoms with Gasteiger partial charge in [0.15, 0.2) is 0 Å². The summed E-state index contributed by atoms with van der Waals surface area (Å²) in [6.07, 6.45) is 6.39. The van der Waals surface area contributed by atoms with Gasteiger partial charge in [-0.2, -0.15) is 5.26 Å². The Hall–Kier alpha value is -1.95. The Bertz CT molecular complexity index is 773. The molecule has 2 atom stereocenters. The van der Waals surface area contributed by atoms with Crippen molar-refractivity contribution in [3.63, 3.8) is 0 Å². The van der Waals surface area contributed by atoms with E-state index in [1.54, 1.807) is 11.8 Å². The molecule has 0 aliphatic carbocycles. The standard InChI is InChI=1S/C19H14ClNS/c20-18-8-4-3-7-16(18)17-11-12-22-19(17)10-9-14-5-1-2-6-15(14)13-21/h1-12,17,19H. The Morgan fingerprint density at radius 3 is 2.68 bits per heavy atom. The zero-order chi connectivity index (χ0) is 15.4. The van der Waals surface area contributed by atoms with Gasteiger partial charge in [0.1, 0.15) is 0 Å². The van der Waals surface area contributed by atoms with Crippen LogP contribution in [0.4, 0.5) is 0 Å². The number of rotatable bonds is 3. The highest BCUT2D eigenvalue weighted by molar-refractivity contribution is 8.03. The summed E-state index contributed by atoms with van der Waals surface area (Å²) < 4.78 is 0. The number of allylic oxidation sites excluding steroid dienone is 1. The Morgan fingerprint density at radius 1 is 1.09 bits per heavy atom. The lowest BCUT2D eigenvalue weighted by molar-refractivity contribution is 0.899. The fourth-order valence-electron chi connectivity index (χ4n) is 2.55. The second-order valence-electron chi connectivity index (χ2n) is 5.03. The maximum Gasteiger partial charge on any atom is 0.0997 e. The van der Waals surface area contributed by atoms with Gasteiger partial charge in [0.05, 0.1) is 11.6 Å². The maximum absolute atomic E-state index is 9.16. The molecular weight excluding hydrogens is 310 g/mol. The Kier molecular flexibility index (Phi) is 4.68. The van der Waals surface area contributed by atoms with Crippen LogP contribution in [0.3, 0.4) is 0 Å². The van der Waals surface area contributed by atoms with Crippen LogP contribution in [-0.2, 0) is 0 Å². The van der Waals surface area contributed by atoms with Crippen LogP contribution < -0.4 is 0 Å². The van der Waals surface area contributed by atoms with Crippen molar-refractivity contribution in [2.24, 2.45) is 0 Å². The lowest BCUT2D eigenvalue weighted by atomic mass is 9.94. The van der Waals surface area contributed by atoms with Crippen LogP contribution >= 0.6 is 23.4 Å². The molecule has 0 saturated carbocycles. The molecule has 0 N–H and O–H groups in total. The molecular formula is C19H14ClNS. The number of halogens is 1. The summed E-state index contributed by atoms with van der Waals surface area (Å²) in [5, 5.41) is 12.4. The summed E-state index contributed by atoms with van der Waals surface area (Å²) >= 11 is 8.10. The van der Waals surface area contributed by atoms with Gasteiger partial charge in [-0.25, -0.2) is 0 Å². The normalized spacial score (nSPS) is 20.4. The Morgan fingerprint density at radius 2 is 1.86 bits per heavy atom. The maximum atomic E-state index is 9.16. The lowest BCUT2D eigenvalue weighted by Gasteiger charge is -2.17. The second kappa shape index (κ2) is 6.87. The molecule has 0 bridgehead atoms. The van der Waals surface area contributed by atoms with E-state index in [4.69, 9.17) is 16.9 Å². The highest BCUT2D eigenvalue weighted by atomic mass is 35.5. The molecule has 1 heterocycles. The molecule has 2 unspecified atom stereocenters. The van der Waals surface area contributed by atoms with Crippen molar-refractivity contribution in [3.8, 4) is 6.07 Å². The first kappa shape index (κ1) is 15.0. The van der Waals surface area contributed by atoms with Crippen molar-refractivity contribution < 1.29 is 0 Å². The fraction of sp³-hybridized carbons (Fsp3) is 0.105.